The van der Waals surface area contributed by atoms with E-state index in [9.17, 15) is 0 Å². The van der Waals surface area contributed by atoms with Gasteiger partial charge in [-0.15, -0.1) is 0 Å². The van der Waals surface area contributed by atoms with Crippen LogP contribution in [-0.2, 0) is 0 Å². The van der Waals surface area contributed by atoms with Gasteiger partial charge in [-0.1, -0.05) is 19.8 Å². The van der Waals surface area contributed by atoms with Crippen molar-refractivity contribution in [3.05, 3.63) is 0 Å². The fourth-order valence-corrected chi connectivity index (χ4v) is 1.70. The molecule has 0 aromatic carbocycles. The number of nitrogens with zero attached hydrogens (tertiary/aromatic N) is 1. The zero-order chi connectivity index (χ0) is 11.7. The van der Waals surface area contributed by atoms with Gasteiger partial charge in [0.05, 0.1) is 0 Å². The summed E-state index contributed by atoms with van der Waals surface area (Å²) in [6.07, 6.45) is 5.28. The van der Waals surface area contributed by atoms with E-state index in [-0.39, 0.29) is 0 Å². The Morgan fingerprint density at radius 3 is 2.20 bits per heavy atom. The molecule has 2 nitrogen and oxygen atoms in total. The van der Waals surface area contributed by atoms with Gasteiger partial charge in [0, 0.05) is 12.1 Å². The van der Waals surface area contributed by atoms with Crippen molar-refractivity contribution in [3.63, 3.8) is 0 Å². The van der Waals surface area contributed by atoms with Crippen molar-refractivity contribution in [1.29, 1.82) is 0 Å². The van der Waals surface area contributed by atoms with Crippen LogP contribution < -0.4 is 5.32 Å². The van der Waals surface area contributed by atoms with Crippen molar-refractivity contribution < 1.29 is 0 Å². The highest BCUT2D eigenvalue weighted by atomic mass is 15.1. The number of hydrogen-bond donors (Lipinski definition) is 1. The Morgan fingerprint density at radius 1 is 1.07 bits per heavy atom. The first-order valence-electron chi connectivity index (χ1n) is 6.53. The summed E-state index contributed by atoms with van der Waals surface area (Å²) >= 11 is 0. The lowest BCUT2D eigenvalue weighted by Gasteiger charge is -2.27. The number of rotatable bonds is 9. The molecule has 0 aliphatic carbocycles. The van der Waals surface area contributed by atoms with Crippen molar-refractivity contribution in [3.8, 4) is 0 Å². The molecule has 0 fully saturated rings. The van der Waals surface area contributed by atoms with E-state index in [1.807, 2.05) is 7.05 Å². The first-order valence-corrected chi connectivity index (χ1v) is 6.53. The van der Waals surface area contributed by atoms with Crippen molar-refractivity contribution >= 4 is 0 Å². The summed E-state index contributed by atoms with van der Waals surface area (Å²) in [7, 11) is 2.04. The summed E-state index contributed by atoms with van der Waals surface area (Å²) in [4.78, 5) is 2.60. The van der Waals surface area contributed by atoms with Gasteiger partial charge in [-0.2, -0.15) is 0 Å². The SMILES string of the molecule is CCCCCN(CCC(C)NC)C(C)C. The molecular formula is C13H30N2. The Kier molecular flexibility index (Phi) is 9.12. The molecule has 0 bridgehead atoms. The molecule has 0 aromatic rings. The van der Waals surface area contributed by atoms with Crippen LogP contribution in [0.2, 0.25) is 0 Å². The summed E-state index contributed by atoms with van der Waals surface area (Å²) in [6, 6.07) is 1.32. The van der Waals surface area contributed by atoms with Gasteiger partial charge in [0.2, 0.25) is 0 Å². The summed E-state index contributed by atoms with van der Waals surface area (Å²) in [5, 5.41) is 3.30. The molecule has 0 heterocycles. The Hall–Kier alpha value is -0.0800. The lowest BCUT2D eigenvalue weighted by molar-refractivity contribution is 0.208. The van der Waals surface area contributed by atoms with Crippen LogP contribution in [0.25, 0.3) is 0 Å². The highest BCUT2D eigenvalue weighted by Gasteiger charge is 2.09. The predicted octanol–water partition coefficient (Wildman–Crippen LogP) is 2.89. The molecule has 0 amide bonds. The molecule has 0 radical (unpaired) electrons. The quantitative estimate of drug-likeness (QED) is 0.594. The van der Waals surface area contributed by atoms with Crippen LogP contribution in [0.15, 0.2) is 0 Å². The highest BCUT2D eigenvalue weighted by Crippen LogP contribution is 2.05. The second kappa shape index (κ2) is 9.17. The van der Waals surface area contributed by atoms with E-state index >= 15 is 0 Å². The van der Waals surface area contributed by atoms with E-state index in [0.717, 1.165) is 0 Å². The second-order valence-corrected chi connectivity index (χ2v) is 4.82. The smallest absolute Gasteiger partial charge is 0.00479 e. The fourth-order valence-electron chi connectivity index (χ4n) is 1.70. The molecule has 15 heavy (non-hydrogen) atoms. The lowest BCUT2D eigenvalue weighted by Crippen LogP contribution is -2.36. The van der Waals surface area contributed by atoms with Gasteiger partial charge in [0.1, 0.15) is 0 Å². The van der Waals surface area contributed by atoms with Crippen molar-refractivity contribution in [2.75, 3.05) is 20.1 Å². The molecule has 1 N–H and O–H groups in total. The number of hydrogen-bond acceptors (Lipinski definition) is 2. The van der Waals surface area contributed by atoms with Gasteiger partial charge in [-0.3, -0.25) is 0 Å². The molecule has 0 aliphatic heterocycles. The Morgan fingerprint density at radius 2 is 1.73 bits per heavy atom. The Bertz CT molecular complexity index is 134. The van der Waals surface area contributed by atoms with Crippen LogP contribution in [0.1, 0.15) is 53.4 Å². The number of nitrogens with one attached hydrogen (secondary N) is 1. The van der Waals surface area contributed by atoms with Crippen molar-refractivity contribution in [1.82, 2.24) is 10.2 Å². The minimum atomic E-state index is 0.637. The summed E-state index contributed by atoms with van der Waals surface area (Å²) in [5.74, 6) is 0. The number of unbranched alkanes of at least 4 members (excludes halogenated alkanes) is 2. The zero-order valence-corrected chi connectivity index (χ0v) is 11.3. The molecule has 1 atom stereocenters. The predicted molar refractivity (Wildman–Crippen MR) is 69.4 cm³/mol. The molecule has 0 aliphatic rings. The monoisotopic (exact) mass is 214 g/mol. The van der Waals surface area contributed by atoms with Gasteiger partial charge in [-0.05, 0) is 53.8 Å². The van der Waals surface area contributed by atoms with Crippen LogP contribution in [-0.4, -0.2) is 37.1 Å². The Labute approximate surface area is 96.4 Å². The minimum absolute atomic E-state index is 0.637. The van der Waals surface area contributed by atoms with Crippen LogP contribution >= 0.6 is 0 Å². The van der Waals surface area contributed by atoms with Gasteiger partial charge >= 0.3 is 0 Å². The third kappa shape index (κ3) is 7.80. The van der Waals surface area contributed by atoms with Crippen LogP contribution in [0.5, 0.6) is 0 Å². The van der Waals surface area contributed by atoms with E-state index in [2.05, 4.69) is 37.9 Å². The maximum Gasteiger partial charge on any atom is 0.00479 e. The summed E-state index contributed by atoms with van der Waals surface area (Å²) in [6.45, 7) is 11.6. The maximum atomic E-state index is 3.30. The fraction of sp³-hybridized carbons (Fsp3) is 1.00. The van der Waals surface area contributed by atoms with Gasteiger partial charge in [0.15, 0.2) is 0 Å². The van der Waals surface area contributed by atoms with Crippen molar-refractivity contribution in [2.45, 2.75) is 65.5 Å². The first-order chi connectivity index (χ1) is 7.11. The largest absolute Gasteiger partial charge is 0.317 e. The zero-order valence-electron chi connectivity index (χ0n) is 11.3. The van der Waals surface area contributed by atoms with Gasteiger partial charge in [0.25, 0.3) is 0 Å². The van der Waals surface area contributed by atoms with E-state index in [4.69, 9.17) is 0 Å². The Balaban J connectivity index is 3.73. The van der Waals surface area contributed by atoms with Gasteiger partial charge in [-0.25, -0.2) is 0 Å². The van der Waals surface area contributed by atoms with Crippen LogP contribution in [0, 0.1) is 0 Å². The summed E-state index contributed by atoms with van der Waals surface area (Å²) < 4.78 is 0. The summed E-state index contributed by atoms with van der Waals surface area (Å²) in [5.41, 5.74) is 0. The van der Waals surface area contributed by atoms with E-state index in [1.165, 1.54) is 38.8 Å². The third-order valence-electron chi connectivity index (χ3n) is 3.12. The molecule has 0 spiro atoms. The highest BCUT2D eigenvalue weighted by molar-refractivity contribution is 4.66. The molecule has 92 valence electrons. The maximum absolute atomic E-state index is 3.30. The average Bonchev–Trinajstić information content (AvgIpc) is 2.22. The van der Waals surface area contributed by atoms with E-state index < -0.39 is 0 Å². The standard InChI is InChI=1S/C13H30N2/c1-6-7-8-10-15(12(2)3)11-9-13(4)14-5/h12-14H,6-11H2,1-5H3. The molecule has 0 aromatic heterocycles. The average molecular weight is 214 g/mol. The van der Waals surface area contributed by atoms with Crippen LogP contribution in [0.4, 0.5) is 0 Å². The van der Waals surface area contributed by atoms with Crippen LogP contribution in [0.3, 0.4) is 0 Å². The minimum Gasteiger partial charge on any atom is -0.317 e. The van der Waals surface area contributed by atoms with E-state index in [1.54, 1.807) is 0 Å². The second-order valence-electron chi connectivity index (χ2n) is 4.82. The molecular weight excluding hydrogens is 184 g/mol. The first kappa shape index (κ1) is 14.9. The molecule has 0 saturated heterocycles. The topological polar surface area (TPSA) is 15.3 Å². The van der Waals surface area contributed by atoms with Gasteiger partial charge < -0.3 is 10.2 Å². The molecule has 1 unspecified atom stereocenters. The normalized spacial score (nSPS) is 13.8. The molecule has 0 rings (SSSR count). The molecule has 2 heteroatoms. The third-order valence-corrected chi connectivity index (χ3v) is 3.12. The van der Waals surface area contributed by atoms with E-state index in [0.29, 0.717) is 12.1 Å². The van der Waals surface area contributed by atoms with Crippen molar-refractivity contribution in [2.24, 2.45) is 0 Å². The lowest BCUT2D eigenvalue weighted by atomic mass is 10.2. The molecule has 0 saturated carbocycles.